The summed E-state index contributed by atoms with van der Waals surface area (Å²) in [6.45, 7) is 3.16. The molecule has 0 saturated heterocycles. The van der Waals surface area contributed by atoms with E-state index in [2.05, 4.69) is 34.9 Å². The number of hydrogen-bond acceptors (Lipinski definition) is 4. The molecule has 1 aromatic rings. The van der Waals surface area contributed by atoms with Crippen LogP contribution < -0.4 is 11.1 Å². The lowest BCUT2D eigenvalue weighted by atomic mass is 10.0. The number of thiophene rings is 1. The van der Waals surface area contributed by atoms with Gasteiger partial charge in [0.1, 0.15) is 5.84 Å². The maximum absolute atomic E-state index is 8.62. The first-order chi connectivity index (χ1) is 8.63. The highest BCUT2D eigenvalue weighted by molar-refractivity contribution is 7.09. The lowest BCUT2D eigenvalue weighted by molar-refractivity contribution is 0.313. The van der Waals surface area contributed by atoms with E-state index in [1.165, 1.54) is 17.7 Å². The van der Waals surface area contributed by atoms with Gasteiger partial charge >= 0.3 is 0 Å². The van der Waals surface area contributed by atoms with Gasteiger partial charge < -0.3 is 16.3 Å². The minimum atomic E-state index is 0.236. The highest BCUT2D eigenvalue weighted by Crippen LogP contribution is 2.48. The molecule has 0 amide bonds. The van der Waals surface area contributed by atoms with Gasteiger partial charge in [0, 0.05) is 23.9 Å². The fourth-order valence-corrected chi connectivity index (χ4v) is 3.04. The van der Waals surface area contributed by atoms with Crippen molar-refractivity contribution in [1.29, 1.82) is 0 Å². The molecular formula is C13H21N3OS. The monoisotopic (exact) mass is 267 g/mol. The Morgan fingerprint density at radius 3 is 3.00 bits per heavy atom. The van der Waals surface area contributed by atoms with Crippen LogP contribution >= 0.6 is 11.3 Å². The molecule has 18 heavy (non-hydrogen) atoms. The number of nitrogens with two attached hydrogens (primary N) is 1. The van der Waals surface area contributed by atoms with Crippen LogP contribution in [0.4, 0.5) is 0 Å². The third kappa shape index (κ3) is 3.71. The molecule has 0 bridgehead atoms. The standard InChI is InChI=1S/C13H21N3OS/c1-10(7-11-3-2-6-18-11)15-9-13(4-5-13)8-12(14)16-17/h2-3,6,10,15,17H,4-5,7-9H2,1H3,(H2,14,16). The minimum absolute atomic E-state index is 0.236. The number of amidine groups is 1. The van der Waals surface area contributed by atoms with Crippen molar-refractivity contribution in [1.82, 2.24) is 5.32 Å². The van der Waals surface area contributed by atoms with Crippen LogP contribution in [0.1, 0.15) is 31.1 Å². The number of nitrogens with one attached hydrogen (secondary N) is 1. The number of rotatable bonds is 7. The van der Waals surface area contributed by atoms with Crippen LogP contribution in [0.5, 0.6) is 0 Å². The van der Waals surface area contributed by atoms with Crippen molar-refractivity contribution in [2.45, 2.75) is 38.6 Å². The number of hydrogen-bond donors (Lipinski definition) is 3. The van der Waals surface area contributed by atoms with E-state index in [0.717, 1.165) is 13.0 Å². The van der Waals surface area contributed by atoms with Gasteiger partial charge in [-0.25, -0.2) is 0 Å². The van der Waals surface area contributed by atoms with E-state index >= 15 is 0 Å². The van der Waals surface area contributed by atoms with E-state index in [1.54, 1.807) is 11.3 Å². The molecule has 1 aromatic heterocycles. The van der Waals surface area contributed by atoms with Crippen molar-refractivity contribution < 1.29 is 5.21 Å². The summed E-state index contributed by atoms with van der Waals surface area (Å²) < 4.78 is 0. The molecule has 1 aliphatic carbocycles. The van der Waals surface area contributed by atoms with E-state index < -0.39 is 0 Å². The molecule has 0 radical (unpaired) electrons. The molecule has 0 aliphatic heterocycles. The number of nitrogens with zero attached hydrogens (tertiary/aromatic N) is 1. The van der Waals surface area contributed by atoms with Gasteiger partial charge in [-0.05, 0) is 43.0 Å². The van der Waals surface area contributed by atoms with Gasteiger partial charge in [0.25, 0.3) is 0 Å². The van der Waals surface area contributed by atoms with Gasteiger partial charge in [0.05, 0.1) is 0 Å². The zero-order valence-electron chi connectivity index (χ0n) is 10.7. The predicted octanol–water partition coefficient (Wildman–Crippen LogP) is 2.19. The first kappa shape index (κ1) is 13.4. The third-order valence-electron chi connectivity index (χ3n) is 3.55. The topological polar surface area (TPSA) is 70.6 Å². The van der Waals surface area contributed by atoms with Gasteiger partial charge in [-0.2, -0.15) is 0 Å². The van der Waals surface area contributed by atoms with Gasteiger partial charge in [-0.3, -0.25) is 0 Å². The smallest absolute Gasteiger partial charge is 0.139 e. The average Bonchev–Trinajstić information content (AvgIpc) is 2.92. The van der Waals surface area contributed by atoms with Crippen LogP contribution in [0.3, 0.4) is 0 Å². The molecule has 4 nitrogen and oxygen atoms in total. The van der Waals surface area contributed by atoms with E-state index in [-0.39, 0.29) is 5.41 Å². The molecule has 1 saturated carbocycles. The van der Waals surface area contributed by atoms with Crippen molar-refractivity contribution in [2.24, 2.45) is 16.3 Å². The lowest BCUT2D eigenvalue weighted by Gasteiger charge is -2.19. The van der Waals surface area contributed by atoms with Crippen LogP contribution in [-0.2, 0) is 6.42 Å². The molecule has 5 heteroatoms. The molecule has 1 fully saturated rings. The van der Waals surface area contributed by atoms with Gasteiger partial charge in [-0.15, -0.1) is 11.3 Å². The van der Waals surface area contributed by atoms with Gasteiger partial charge in [0.2, 0.25) is 0 Å². The van der Waals surface area contributed by atoms with Crippen molar-refractivity contribution >= 4 is 17.2 Å². The molecule has 0 spiro atoms. The molecule has 2 rings (SSSR count). The second-order valence-corrected chi connectivity index (χ2v) is 6.37. The highest BCUT2D eigenvalue weighted by atomic mass is 32.1. The van der Waals surface area contributed by atoms with Crippen molar-refractivity contribution in [3.05, 3.63) is 22.4 Å². The lowest BCUT2D eigenvalue weighted by Crippen LogP contribution is -2.35. The molecule has 1 aliphatic rings. The van der Waals surface area contributed by atoms with Crippen molar-refractivity contribution in [2.75, 3.05) is 6.54 Å². The van der Waals surface area contributed by atoms with Crippen molar-refractivity contribution in [3.63, 3.8) is 0 Å². The number of oxime groups is 1. The summed E-state index contributed by atoms with van der Waals surface area (Å²) in [6.07, 6.45) is 4.10. The first-order valence-electron chi connectivity index (χ1n) is 6.36. The highest BCUT2D eigenvalue weighted by Gasteiger charge is 2.43. The van der Waals surface area contributed by atoms with Crippen LogP contribution in [0.2, 0.25) is 0 Å². The summed E-state index contributed by atoms with van der Waals surface area (Å²) in [5.74, 6) is 0.347. The quantitative estimate of drug-likeness (QED) is 0.307. The molecule has 100 valence electrons. The molecule has 1 heterocycles. The van der Waals surface area contributed by atoms with Gasteiger partial charge in [0.15, 0.2) is 0 Å². The Hall–Kier alpha value is -1.07. The molecular weight excluding hydrogens is 246 g/mol. The molecule has 0 aromatic carbocycles. The van der Waals surface area contributed by atoms with E-state index in [9.17, 15) is 0 Å². The first-order valence-corrected chi connectivity index (χ1v) is 7.24. The maximum Gasteiger partial charge on any atom is 0.139 e. The summed E-state index contributed by atoms with van der Waals surface area (Å²) >= 11 is 1.80. The minimum Gasteiger partial charge on any atom is -0.409 e. The Balaban J connectivity index is 1.74. The Kier molecular flexibility index (Phi) is 4.24. The van der Waals surface area contributed by atoms with E-state index in [0.29, 0.717) is 18.3 Å². The Labute approximate surface area is 112 Å². The van der Waals surface area contributed by atoms with Crippen LogP contribution in [0.15, 0.2) is 22.7 Å². The summed E-state index contributed by atoms with van der Waals surface area (Å²) in [7, 11) is 0. The SMILES string of the molecule is CC(Cc1cccs1)NCC1(CC(N)=NO)CC1. The largest absolute Gasteiger partial charge is 0.409 e. The molecule has 1 unspecified atom stereocenters. The summed E-state index contributed by atoms with van der Waals surface area (Å²) in [5, 5.41) is 17.4. The zero-order chi connectivity index (χ0) is 13.0. The van der Waals surface area contributed by atoms with E-state index in [4.69, 9.17) is 10.9 Å². The molecule has 1 atom stereocenters. The van der Waals surface area contributed by atoms with Crippen LogP contribution in [0, 0.1) is 5.41 Å². The normalized spacial score (nSPS) is 19.7. The van der Waals surface area contributed by atoms with Crippen molar-refractivity contribution in [3.8, 4) is 0 Å². The van der Waals surface area contributed by atoms with Crippen LogP contribution in [-0.4, -0.2) is 23.6 Å². The van der Waals surface area contributed by atoms with Crippen LogP contribution in [0.25, 0.3) is 0 Å². The third-order valence-corrected chi connectivity index (χ3v) is 4.45. The maximum atomic E-state index is 8.62. The fraction of sp³-hybridized carbons (Fsp3) is 0.615. The second kappa shape index (κ2) is 5.71. The summed E-state index contributed by atoms with van der Waals surface area (Å²) in [6, 6.07) is 4.73. The Morgan fingerprint density at radius 1 is 1.67 bits per heavy atom. The summed E-state index contributed by atoms with van der Waals surface area (Å²) in [4.78, 5) is 1.41. The fourth-order valence-electron chi connectivity index (χ4n) is 2.21. The zero-order valence-corrected chi connectivity index (χ0v) is 11.5. The molecule has 4 N–H and O–H groups in total. The summed E-state index contributed by atoms with van der Waals surface area (Å²) in [5.41, 5.74) is 5.83. The van der Waals surface area contributed by atoms with Gasteiger partial charge in [-0.1, -0.05) is 11.2 Å². The Morgan fingerprint density at radius 2 is 2.44 bits per heavy atom. The second-order valence-electron chi connectivity index (χ2n) is 5.33. The van der Waals surface area contributed by atoms with E-state index in [1.807, 2.05) is 0 Å². The Bertz CT molecular complexity index is 398. The predicted molar refractivity (Wildman–Crippen MR) is 75.2 cm³/mol. The average molecular weight is 267 g/mol.